The normalized spacial score (nSPS) is 18.2. The molecule has 0 saturated carbocycles. The van der Waals surface area contributed by atoms with Crippen LogP contribution < -0.4 is 0 Å². The first-order valence-electron chi connectivity index (χ1n) is 4.08. The average Bonchev–Trinajstić information content (AvgIpc) is 2.11. The molecule has 80 valence electrons. The van der Waals surface area contributed by atoms with Crippen LogP contribution in [-0.2, 0) is 25.0 Å². The first-order chi connectivity index (χ1) is 6.13. The molecule has 0 saturated heterocycles. The molecule has 0 radical (unpaired) electrons. The van der Waals surface area contributed by atoms with Gasteiger partial charge in [-0.2, -0.15) is 0 Å². The maximum absolute atomic E-state index is 10.2. The first kappa shape index (κ1) is 13.0. The zero-order chi connectivity index (χ0) is 10.3. The highest BCUT2D eigenvalue weighted by molar-refractivity contribution is 7.74. The van der Waals surface area contributed by atoms with Crippen molar-refractivity contribution in [3.05, 3.63) is 0 Å². The van der Waals surface area contributed by atoms with Crippen molar-refractivity contribution in [1.29, 1.82) is 0 Å². The molecule has 5 nitrogen and oxygen atoms in total. The Morgan fingerprint density at radius 3 is 2.15 bits per heavy atom. The standard InChI is InChI=1S/C7H16O5S/c1-4-6(10-3)11-7(5-2)12-13(8)9/h6-7H,4-5H2,1-3H3,(H,8,9)/p-1. The van der Waals surface area contributed by atoms with Gasteiger partial charge in [-0.1, -0.05) is 13.8 Å². The second-order valence-electron chi connectivity index (χ2n) is 2.35. The fourth-order valence-corrected chi connectivity index (χ4v) is 1.12. The lowest BCUT2D eigenvalue weighted by atomic mass is 10.4. The summed E-state index contributed by atoms with van der Waals surface area (Å²) in [6.45, 7) is 3.63. The second kappa shape index (κ2) is 7.40. The van der Waals surface area contributed by atoms with E-state index in [0.29, 0.717) is 12.8 Å². The fourth-order valence-electron chi connectivity index (χ4n) is 0.762. The quantitative estimate of drug-likeness (QED) is 0.463. The van der Waals surface area contributed by atoms with Gasteiger partial charge in [-0.05, 0) is 12.8 Å². The third-order valence-electron chi connectivity index (χ3n) is 1.42. The van der Waals surface area contributed by atoms with Crippen LogP contribution in [0.5, 0.6) is 0 Å². The Bertz CT molecular complexity index is 148. The zero-order valence-electron chi connectivity index (χ0n) is 8.02. The lowest BCUT2D eigenvalue weighted by Crippen LogP contribution is -2.25. The van der Waals surface area contributed by atoms with Gasteiger partial charge >= 0.3 is 0 Å². The number of methoxy groups -OCH3 is 1. The van der Waals surface area contributed by atoms with Gasteiger partial charge in [0.05, 0.1) is 11.4 Å². The van der Waals surface area contributed by atoms with Crippen LogP contribution in [-0.4, -0.2) is 28.5 Å². The summed E-state index contributed by atoms with van der Waals surface area (Å²) in [4.78, 5) is 0. The first-order valence-corrected chi connectivity index (χ1v) is 5.08. The minimum Gasteiger partial charge on any atom is -0.750 e. The van der Waals surface area contributed by atoms with Crippen molar-refractivity contribution in [3.8, 4) is 0 Å². The topological polar surface area (TPSA) is 67.8 Å². The molecule has 0 heterocycles. The molecule has 0 aromatic heterocycles. The summed E-state index contributed by atoms with van der Waals surface area (Å²) in [6.07, 6.45) is -0.0906. The molecule has 0 aromatic carbocycles. The van der Waals surface area contributed by atoms with Crippen molar-refractivity contribution in [2.75, 3.05) is 7.11 Å². The summed E-state index contributed by atoms with van der Waals surface area (Å²) in [5, 5.41) is 0. The summed E-state index contributed by atoms with van der Waals surface area (Å²) in [6, 6.07) is 0. The van der Waals surface area contributed by atoms with Crippen LogP contribution >= 0.6 is 0 Å². The maximum atomic E-state index is 10.2. The zero-order valence-corrected chi connectivity index (χ0v) is 8.83. The van der Waals surface area contributed by atoms with Gasteiger partial charge in [0.15, 0.2) is 12.6 Å². The van der Waals surface area contributed by atoms with Gasteiger partial charge in [-0.25, -0.2) is 4.21 Å². The number of ether oxygens (including phenoxy) is 2. The summed E-state index contributed by atoms with van der Waals surface area (Å²) in [5.41, 5.74) is 0. The van der Waals surface area contributed by atoms with Crippen molar-refractivity contribution in [1.82, 2.24) is 0 Å². The van der Waals surface area contributed by atoms with Crippen LogP contribution in [0, 0.1) is 0 Å². The van der Waals surface area contributed by atoms with Crippen molar-refractivity contribution in [2.24, 2.45) is 0 Å². The Labute approximate surface area is 80.9 Å². The molecule has 0 N–H and O–H groups in total. The summed E-state index contributed by atoms with van der Waals surface area (Å²) in [5.74, 6) is 0. The molecule has 0 fully saturated rings. The molecule has 13 heavy (non-hydrogen) atoms. The van der Waals surface area contributed by atoms with Gasteiger partial charge in [0.2, 0.25) is 0 Å². The second-order valence-corrected chi connectivity index (χ2v) is 2.95. The number of hydrogen-bond acceptors (Lipinski definition) is 5. The Balaban J connectivity index is 3.87. The number of rotatable bonds is 7. The fraction of sp³-hybridized carbons (Fsp3) is 1.00. The van der Waals surface area contributed by atoms with Crippen LogP contribution in [0.1, 0.15) is 26.7 Å². The van der Waals surface area contributed by atoms with E-state index in [9.17, 15) is 8.76 Å². The highest BCUT2D eigenvalue weighted by Crippen LogP contribution is 2.08. The largest absolute Gasteiger partial charge is 0.750 e. The van der Waals surface area contributed by atoms with E-state index in [1.807, 2.05) is 6.92 Å². The molecule has 0 bridgehead atoms. The summed E-state index contributed by atoms with van der Waals surface area (Å²) in [7, 11) is 1.50. The van der Waals surface area contributed by atoms with E-state index in [0.717, 1.165) is 0 Å². The van der Waals surface area contributed by atoms with Gasteiger partial charge in [0.25, 0.3) is 0 Å². The highest BCUT2D eigenvalue weighted by Gasteiger charge is 2.13. The third-order valence-corrected chi connectivity index (χ3v) is 1.79. The average molecular weight is 211 g/mol. The lowest BCUT2D eigenvalue weighted by molar-refractivity contribution is -0.208. The van der Waals surface area contributed by atoms with Crippen molar-refractivity contribution < 1.29 is 22.4 Å². The summed E-state index contributed by atoms with van der Waals surface area (Å²) < 4.78 is 34.9. The van der Waals surface area contributed by atoms with Gasteiger partial charge < -0.3 is 14.0 Å². The molecule has 3 unspecified atom stereocenters. The minimum absolute atomic E-state index is 0.423. The SMILES string of the molecule is CCC(OC)OC(CC)OS(=O)[O-]. The molecule has 0 aliphatic rings. The monoisotopic (exact) mass is 211 g/mol. The molecule has 0 aromatic rings. The van der Waals surface area contributed by atoms with E-state index in [4.69, 9.17) is 9.47 Å². The van der Waals surface area contributed by atoms with E-state index in [-0.39, 0.29) is 0 Å². The van der Waals surface area contributed by atoms with Crippen molar-refractivity contribution in [2.45, 2.75) is 39.3 Å². The van der Waals surface area contributed by atoms with E-state index in [2.05, 4.69) is 4.18 Å². The molecule has 0 aliphatic carbocycles. The highest BCUT2D eigenvalue weighted by atomic mass is 32.2. The maximum Gasteiger partial charge on any atom is 0.174 e. The van der Waals surface area contributed by atoms with E-state index < -0.39 is 23.9 Å². The Morgan fingerprint density at radius 1 is 1.31 bits per heavy atom. The Kier molecular flexibility index (Phi) is 7.39. The van der Waals surface area contributed by atoms with Crippen LogP contribution in [0.4, 0.5) is 0 Å². The molecule has 0 amide bonds. The van der Waals surface area contributed by atoms with Gasteiger partial charge in [0, 0.05) is 7.11 Å². The number of hydrogen-bond donors (Lipinski definition) is 0. The third kappa shape index (κ3) is 6.11. The predicted molar refractivity (Wildman–Crippen MR) is 46.3 cm³/mol. The van der Waals surface area contributed by atoms with E-state index in [1.165, 1.54) is 7.11 Å². The molecular formula is C7H15O5S-. The van der Waals surface area contributed by atoms with E-state index >= 15 is 0 Å². The lowest BCUT2D eigenvalue weighted by Gasteiger charge is -2.22. The van der Waals surface area contributed by atoms with Crippen LogP contribution in [0.3, 0.4) is 0 Å². The van der Waals surface area contributed by atoms with E-state index in [1.54, 1.807) is 6.92 Å². The Hall–Kier alpha value is -0.0100. The van der Waals surface area contributed by atoms with Gasteiger partial charge in [-0.3, -0.25) is 4.18 Å². The molecule has 6 heteroatoms. The van der Waals surface area contributed by atoms with Gasteiger partial charge in [0.1, 0.15) is 0 Å². The minimum atomic E-state index is -2.55. The molecule has 3 atom stereocenters. The molecular weight excluding hydrogens is 196 g/mol. The van der Waals surface area contributed by atoms with Crippen LogP contribution in [0.2, 0.25) is 0 Å². The predicted octanol–water partition coefficient (Wildman–Crippen LogP) is 0.932. The van der Waals surface area contributed by atoms with Crippen molar-refractivity contribution in [3.63, 3.8) is 0 Å². The van der Waals surface area contributed by atoms with Crippen LogP contribution in [0.15, 0.2) is 0 Å². The van der Waals surface area contributed by atoms with Gasteiger partial charge in [-0.15, -0.1) is 0 Å². The Morgan fingerprint density at radius 2 is 1.85 bits per heavy atom. The van der Waals surface area contributed by atoms with Crippen molar-refractivity contribution >= 4 is 11.4 Å². The smallest absolute Gasteiger partial charge is 0.174 e. The summed E-state index contributed by atoms with van der Waals surface area (Å²) >= 11 is -2.55. The van der Waals surface area contributed by atoms with Crippen LogP contribution in [0.25, 0.3) is 0 Å². The molecule has 0 rings (SSSR count). The molecule has 0 spiro atoms. The molecule has 0 aliphatic heterocycles.